The van der Waals surface area contributed by atoms with Gasteiger partial charge in [0.1, 0.15) is 22.3 Å². The van der Waals surface area contributed by atoms with Crippen LogP contribution in [0.2, 0.25) is 0 Å². The van der Waals surface area contributed by atoms with E-state index in [0.717, 1.165) is 77.5 Å². The average molecular weight is 812 g/mol. The molecule has 0 saturated heterocycles. The van der Waals surface area contributed by atoms with Gasteiger partial charge in [0, 0.05) is 61.1 Å². The zero-order valence-corrected chi connectivity index (χ0v) is 35.9. The van der Waals surface area contributed by atoms with E-state index in [9.17, 15) is 0 Å². The number of fused-ring (bicyclic) bond motifs is 10. The van der Waals surface area contributed by atoms with Crippen molar-refractivity contribution in [1.82, 2.24) is 0 Å². The summed E-state index contributed by atoms with van der Waals surface area (Å²) in [6.07, 6.45) is 6.57. The number of allylic oxidation sites excluding steroid dienone is 4. The molecule has 2 heterocycles. The van der Waals surface area contributed by atoms with Crippen LogP contribution < -0.4 is 4.90 Å². The summed E-state index contributed by atoms with van der Waals surface area (Å²) in [5.74, 6) is 0. The van der Waals surface area contributed by atoms with Crippen molar-refractivity contribution in [3.8, 4) is 33.4 Å². The first-order valence-corrected chi connectivity index (χ1v) is 21.9. The van der Waals surface area contributed by atoms with E-state index in [1.165, 1.54) is 44.5 Å². The van der Waals surface area contributed by atoms with Crippen molar-refractivity contribution in [2.24, 2.45) is 0 Å². The van der Waals surface area contributed by atoms with E-state index in [4.69, 9.17) is 8.83 Å². The Hall–Kier alpha value is -7.62. The van der Waals surface area contributed by atoms with E-state index in [1.54, 1.807) is 0 Å². The molecule has 0 amide bonds. The van der Waals surface area contributed by atoms with Gasteiger partial charge in [-0.3, -0.25) is 0 Å². The predicted octanol–water partition coefficient (Wildman–Crippen LogP) is 16.7. The summed E-state index contributed by atoms with van der Waals surface area (Å²) in [6.45, 7) is 13.7. The van der Waals surface area contributed by atoms with Crippen molar-refractivity contribution in [3.05, 3.63) is 223 Å². The van der Waals surface area contributed by atoms with Gasteiger partial charge in [-0.05, 0) is 110 Å². The van der Waals surface area contributed by atoms with Gasteiger partial charge in [0.05, 0.1) is 0 Å². The Bertz CT molecular complexity index is 3590. The molecule has 0 unspecified atom stereocenters. The number of rotatable bonds is 7. The third-order valence-electron chi connectivity index (χ3n) is 13.9. The van der Waals surface area contributed by atoms with Crippen molar-refractivity contribution in [2.45, 2.75) is 38.5 Å². The van der Waals surface area contributed by atoms with Gasteiger partial charge in [0.2, 0.25) is 0 Å². The zero-order chi connectivity index (χ0) is 42.6. The van der Waals surface area contributed by atoms with E-state index >= 15 is 0 Å². The lowest BCUT2D eigenvalue weighted by atomic mass is 9.80. The quantitative estimate of drug-likeness (QED) is 0.161. The fraction of sp³-hybridized carbons (Fsp3) is 0.100. The highest BCUT2D eigenvalue weighted by Gasteiger charge is 2.38. The minimum atomic E-state index is -0.260. The van der Waals surface area contributed by atoms with E-state index in [-0.39, 0.29) is 10.8 Å². The molecule has 63 heavy (non-hydrogen) atoms. The highest BCUT2D eigenvalue weighted by atomic mass is 16.3. The van der Waals surface area contributed by atoms with Crippen LogP contribution in [-0.4, -0.2) is 0 Å². The molecule has 2 aromatic heterocycles. The summed E-state index contributed by atoms with van der Waals surface area (Å²) in [7, 11) is 0. The topological polar surface area (TPSA) is 29.5 Å². The van der Waals surface area contributed by atoms with Gasteiger partial charge in [-0.15, -0.1) is 0 Å². The summed E-state index contributed by atoms with van der Waals surface area (Å²) in [5.41, 5.74) is 20.0. The highest BCUT2D eigenvalue weighted by Crippen LogP contribution is 2.53. The molecule has 0 bridgehead atoms. The first kappa shape index (κ1) is 37.2. The molecule has 0 fully saturated rings. The molecule has 0 saturated carbocycles. The maximum Gasteiger partial charge on any atom is 0.143 e. The number of benzene rings is 8. The molecule has 2 aliphatic carbocycles. The minimum absolute atomic E-state index is 0.234. The fourth-order valence-corrected chi connectivity index (χ4v) is 10.7. The Balaban J connectivity index is 0.922. The normalized spacial score (nSPS) is 14.9. The molecule has 12 rings (SSSR count). The fourth-order valence-electron chi connectivity index (χ4n) is 10.7. The summed E-state index contributed by atoms with van der Waals surface area (Å²) in [5, 5.41) is 4.57. The average Bonchev–Trinajstić information content (AvgIpc) is 4.01. The monoisotopic (exact) mass is 811 g/mol. The molecular weight excluding hydrogens is 767 g/mol. The molecule has 0 aliphatic heterocycles. The number of para-hydroxylation sites is 5. The number of furan rings is 2. The molecule has 3 nitrogen and oxygen atoms in total. The van der Waals surface area contributed by atoms with E-state index < -0.39 is 0 Å². The molecule has 2 aliphatic rings. The standard InChI is InChI=1S/C60H45NO2/c1-6-51-46(44-30-27-37(34-52(44)59(51,2)3)41-20-14-22-49-47-18-10-12-24-55(47)62-57(41)49)32-33-61(39-16-8-7-9-17-39)40-28-31-45-43-29-26-38(35-53(43)60(4,5)54(45)36-40)42-21-15-23-50-48-19-11-13-25-56(48)63-58(42)50/h6-36H,1H2,2-5H3/b33-32-. The van der Waals surface area contributed by atoms with Crippen molar-refractivity contribution < 1.29 is 8.83 Å². The Kier molecular flexibility index (Phi) is 8.08. The van der Waals surface area contributed by atoms with Gasteiger partial charge in [0.15, 0.2) is 0 Å². The van der Waals surface area contributed by atoms with Crippen molar-refractivity contribution >= 4 is 60.8 Å². The number of nitrogens with zero attached hydrogens (tertiary/aromatic N) is 1. The van der Waals surface area contributed by atoms with Crippen molar-refractivity contribution in [3.63, 3.8) is 0 Å². The maximum absolute atomic E-state index is 6.48. The van der Waals surface area contributed by atoms with Gasteiger partial charge in [-0.1, -0.05) is 162 Å². The van der Waals surface area contributed by atoms with Crippen LogP contribution in [-0.2, 0) is 10.8 Å². The van der Waals surface area contributed by atoms with Crippen molar-refractivity contribution in [2.75, 3.05) is 4.90 Å². The second-order valence-corrected chi connectivity index (χ2v) is 18.1. The maximum atomic E-state index is 6.48. The summed E-state index contributed by atoms with van der Waals surface area (Å²) in [6, 6.07) is 61.0. The molecule has 0 atom stereocenters. The molecular formula is C60H45NO2. The third-order valence-corrected chi connectivity index (χ3v) is 13.9. The van der Waals surface area contributed by atoms with Gasteiger partial charge in [0.25, 0.3) is 0 Å². The summed E-state index contributed by atoms with van der Waals surface area (Å²) < 4.78 is 13.0. The van der Waals surface area contributed by atoms with Crippen LogP contribution in [0.25, 0.3) is 82.8 Å². The van der Waals surface area contributed by atoms with Crippen LogP contribution >= 0.6 is 0 Å². The zero-order valence-electron chi connectivity index (χ0n) is 35.9. The lowest BCUT2D eigenvalue weighted by Gasteiger charge is -2.26. The summed E-state index contributed by atoms with van der Waals surface area (Å²) in [4.78, 5) is 2.32. The van der Waals surface area contributed by atoms with Crippen LogP contribution in [0, 0.1) is 0 Å². The second-order valence-electron chi connectivity index (χ2n) is 18.1. The number of hydrogen-bond acceptors (Lipinski definition) is 3. The molecule has 10 aromatic rings. The predicted molar refractivity (Wildman–Crippen MR) is 264 cm³/mol. The second kappa shape index (κ2) is 13.7. The lowest BCUT2D eigenvalue weighted by molar-refractivity contribution is 0.654. The number of anilines is 2. The molecule has 0 N–H and O–H groups in total. The third kappa shape index (κ3) is 5.52. The summed E-state index contributed by atoms with van der Waals surface area (Å²) >= 11 is 0. The Morgan fingerprint density at radius 3 is 1.56 bits per heavy atom. The van der Waals surface area contributed by atoms with Gasteiger partial charge in [-0.25, -0.2) is 0 Å². The first-order valence-electron chi connectivity index (χ1n) is 21.9. The van der Waals surface area contributed by atoms with Gasteiger partial charge >= 0.3 is 0 Å². The van der Waals surface area contributed by atoms with Crippen molar-refractivity contribution in [1.29, 1.82) is 0 Å². The Labute approximate surface area is 367 Å². The molecule has 302 valence electrons. The first-order chi connectivity index (χ1) is 30.7. The van der Waals surface area contributed by atoms with Gasteiger partial charge < -0.3 is 13.7 Å². The Morgan fingerprint density at radius 1 is 0.444 bits per heavy atom. The van der Waals surface area contributed by atoms with E-state index in [2.05, 4.69) is 203 Å². The highest BCUT2D eigenvalue weighted by molar-refractivity contribution is 6.11. The smallest absolute Gasteiger partial charge is 0.143 e. The van der Waals surface area contributed by atoms with Crippen LogP contribution in [0.5, 0.6) is 0 Å². The van der Waals surface area contributed by atoms with E-state index in [1.807, 2.05) is 24.3 Å². The number of hydrogen-bond donors (Lipinski definition) is 0. The molecule has 0 spiro atoms. The largest absolute Gasteiger partial charge is 0.455 e. The molecule has 0 radical (unpaired) electrons. The van der Waals surface area contributed by atoms with Crippen LogP contribution in [0.15, 0.2) is 209 Å². The lowest BCUT2D eigenvalue weighted by Crippen LogP contribution is -2.16. The SMILES string of the molecule is C=CC1=C(/C=C\N(c2ccccc2)c2ccc3c(c2)C(C)(C)c2cc(-c4cccc5c4oc4ccccc45)ccc2-3)c2ccc(-c3cccc4c3oc3ccccc34)cc2C1(C)C. The van der Waals surface area contributed by atoms with Crippen LogP contribution in [0.4, 0.5) is 11.4 Å². The molecule has 3 heteroatoms. The van der Waals surface area contributed by atoms with Crippen LogP contribution in [0.3, 0.4) is 0 Å². The van der Waals surface area contributed by atoms with E-state index in [0.29, 0.717) is 0 Å². The Morgan fingerprint density at radius 2 is 0.952 bits per heavy atom. The van der Waals surface area contributed by atoms with Crippen LogP contribution in [0.1, 0.15) is 49.9 Å². The minimum Gasteiger partial charge on any atom is -0.455 e. The molecule has 8 aromatic carbocycles. The van der Waals surface area contributed by atoms with Gasteiger partial charge in [-0.2, -0.15) is 0 Å².